The predicted molar refractivity (Wildman–Crippen MR) is 60.9 cm³/mol. The van der Waals surface area contributed by atoms with Crippen molar-refractivity contribution in [3.8, 4) is 0 Å². The van der Waals surface area contributed by atoms with Crippen LogP contribution in [0.25, 0.3) is 27.6 Å². The Bertz CT molecular complexity index is 865. The number of benzene rings is 1. The summed E-state index contributed by atoms with van der Waals surface area (Å²) < 4.78 is 6.96. The molecule has 17 heavy (non-hydrogen) atoms. The molecule has 0 aliphatic heterocycles. The highest BCUT2D eigenvalue weighted by atomic mass is 35.5. The number of para-hydroxylation sites is 1. The molecular formula is C10H4ClN5O. The summed E-state index contributed by atoms with van der Waals surface area (Å²) in [5.74, 6) is 0. The molecule has 0 bridgehead atoms. The molecule has 0 radical (unpaired) electrons. The summed E-state index contributed by atoms with van der Waals surface area (Å²) in [6, 6.07) is 7.62. The molecule has 0 atom stereocenters. The van der Waals surface area contributed by atoms with Gasteiger partial charge in [-0.25, -0.2) is 0 Å². The number of furan rings is 1. The summed E-state index contributed by atoms with van der Waals surface area (Å²) in [7, 11) is 0. The zero-order chi connectivity index (χ0) is 11.4. The van der Waals surface area contributed by atoms with Crippen LogP contribution in [0, 0.1) is 0 Å². The molecule has 3 heterocycles. The minimum atomic E-state index is 0.246. The molecule has 4 rings (SSSR count). The Morgan fingerprint density at radius 3 is 3.06 bits per heavy atom. The highest BCUT2D eigenvalue weighted by Gasteiger charge is 2.16. The maximum absolute atomic E-state index is 6.04. The second-order valence-corrected chi connectivity index (χ2v) is 3.94. The van der Waals surface area contributed by atoms with Crippen LogP contribution in [0.15, 0.2) is 28.7 Å². The summed E-state index contributed by atoms with van der Waals surface area (Å²) in [5, 5.41) is 17.2. The van der Waals surface area contributed by atoms with Gasteiger partial charge in [0.2, 0.25) is 5.65 Å². The molecule has 6 nitrogen and oxygen atoms in total. The number of hydrogen-bond acceptors (Lipinski definition) is 5. The lowest BCUT2D eigenvalue weighted by atomic mass is 10.2. The molecule has 0 spiro atoms. The Morgan fingerprint density at radius 1 is 1.24 bits per heavy atom. The molecule has 0 aliphatic carbocycles. The third kappa shape index (κ3) is 1.05. The van der Waals surface area contributed by atoms with E-state index in [9.17, 15) is 0 Å². The van der Waals surface area contributed by atoms with E-state index in [0.29, 0.717) is 11.2 Å². The first-order valence-electron chi connectivity index (χ1n) is 4.90. The summed E-state index contributed by atoms with van der Waals surface area (Å²) in [4.78, 5) is 0. The molecular weight excluding hydrogens is 242 g/mol. The van der Waals surface area contributed by atoms with E-state index in [4.69, 9.17) is 16.0 Å². The number of rotatable bonds is 0. The first-order chi connectivity index (χ1) is 8.34. The number of hydrogen-bond donors (Lipinski definition) is 0. The number of aromatic nitrogens is 5. The van der Waals surface area contributed by atoms with E-state index in [0.717, 1.165) is 16.4 Å². The van der Waals surface area contributed by atoms with E-state index in [1.165, 1.54) is 4.63 Å². The van der Waals surface area contributed by atoms with Crippen molar-refractivity contribution in [1.29, 1.82) is 0 Å². The Balaban J connectivity index is 2.43. The van der Waals surface area contributed by atoms with Crippen molar-refractivity contribution in [3.05, 3.63) is 29.4 Å². The Morgan fingerprint density at radius 2 is 2.12 bits per heavy atom. The van der Waals surface area contributed by atoms with Crippen molar-refractivity contribution >= 4 is 39.2 Å². The van der Waals surface area contributed by atoms with Crippen LogP contribution in [-0.2, 0) is 0 Å². The molecule has 0 saturated heterocycles. The lowest BCUT2D eigenvalue weighted by molar-refractivity contribution is 0.659. The van der Waals surface area contributed by atoms with E-state index in [1.807, 2.05) is 24.3 Å². The highest BCUT2D eigenvalue weighted by Crippen LogP contribution is 2.33. The number of fused-ring (bicyclic) bond motifs is 5. The van der Waals surface area contributed by atoms with Gasteiger partial charge in [0.1, 0.15) is 5.58 Å². The molecule has 0 fully saturated rings. The van der Waals surface area contributed by atoms with Crippen molar-refractivity contribution in [2.45, 2.75) is 0 Å². The van der Waals surface area contributed by atoms with Crippen molar-refractivity contribution in [2.24, 2.45) is 0 Å². The van der Waals surface area contributed by atoms with E-state index >= 15 is 0 Å². The van der Waals surface area contributed by atoms with Crippen molar-refractivity contribution in [1.82, 2.24) is 25.3 Å². The summed E-state index contributed by atoms with van der Waals surface area (Å²) in [5.41, 5.74) is 1.78. The van der Waals surface area contributed by atoms with Gasteiger partial charge in [0, 0.05) is 5.39 Å². The molecule has 3 aromatic heterocycles. The average Bonchev–Trinajstić information content (AvgIpc) is 2.91. The lowest BCUT2D eigenvalue weighted by Crippen LogP contribution is -1.94. The average molecular weight is 246 g/mol. The number of nitrogens with zero attached hydrogens (tertiary/aromatic N) is 5. The molecule has 0 saturated carbocycles. The largest absolute Gasteiger partial charge is 0.453 e. The maximum Gasteiger partial charge on any atom is 0.211 e. The van der Waals surface area contributed by atoms with Crippen molar-refractivity contribution < 1.29 is 4.42 Å². The fourth-order valence-corrected chi connectivity index (χ4v) is 2.15. The van der Waals surface area contributed by atoms with E-state index in [1.54, 1.807) is 0 Å². The fourth-order valence-electron chi connectivity index (χ4n) is 1.94. The molecule has 0 amide bonds. The van der Waals surface area contributed by atoms with Gasteiger partial charge in [-0.05, 0) is 16.5 Å². The molecule has 7 heteroatoms. The fraction of sp³-hybridized carbons (Fsp3) is 0. The zero-order valence-electron chi connectivity index (χ0n) is 8.33. The van der Waals surface area contributed by atoms with Crippen LogP contribution in [0.2, 0.25) is 5.15 Å². The van der Waals surface area contributed by atoms with Gasteiger partial charge in [-0.15, -0.1) is 14.8 Å². The number of tetrazole rings is 1. The van der Waals surface area contributed by atoms with Gasteiger partial charge in [-0.2, -0.15) is 0 Å². The van der Waals surface area contributed by atoms with E-state index in [-0.39, 0.29) is 5.15 Å². The molecule has 82 valence electrons. The summed E-state index contributed by atoms with van der Waals surface area (Å²) in [6.45, 7) is 0. The monoisotopic (exact) mass is 245 g/mol. The molecule has 0 unspecified atom stereocenters. The molecule has 0 N–H and O–H groups in total. The van der Waals surface area contributed by atoms with Crippen molar-refractivity contribution in [2.75, 3.05) is 0 Å². The number of halogens is 1. The Hall–Kier alpha value is -2.21. The second-order valence-electron chi connectivity index (χ2n) is 3.59. The van der Waals surface area contributed by atoms with Crippen LogP contribution in [0.5, 0.6) is 0 Å². The van der Waals surface area contributed by atoms with Gasteiger partial charge < -0.3 is 4.42 Å². The van der Waals surface area contributed by atoms with Gasteiger partial charge in [0.25, 0.3) is 0 Å². The minimum absolute atomic E-state index is 0.246. The second kappa shape index (κ2) is 2.92. The van der Waals surface area contributed by atoms with Gasteiger partial charge in [0.05, 0.1) is 5.39 Å². The predicted octanol–water partition coefficient (Wildman–Crippen LogP) is 2.07. The SMILES string of the molecule is Clc1nn2nnnc2c2c1oc1ccccc12. The lowest BCUT2D eigenvalue weighted by Gasteiger charge is -1.92. The molecule has 1 aromatic carbocycles. The zero-order valence-corrected chi connectivity index (χ0v) is 9.09. The topological polar surface area (TPSA) is 69.1 Å². The summed E-state index contributed by atoms with van der Waals surface area (Å²) >= 11 is 6.04. The van der Waals surface area contributed by atoms with Crippen LogP contribution in [-0.4, -0.2) is 25.3 Å². The quantitative estimate of drug-likeness (QED) is 0.474. The van der Waals surface area contributed by atoms with Crippen LogP contribution in [0.4, 0.5) is 0 Å². The highest BCUT2D eigenvalue weighted by molar-refractivity contribution is 6.35. The smallest absolute Gasteiger partial charge is 0.211 e. The maximum atomic E-state index is 6.04. The van der Waals surface area contributed by atoms with Crippen LogP contribution in [0.1, 0.15) is 0 Å². The van der Waals surface area contributed by atoms with Crippen LogP contribution < -0.4 is 0 Å². The Labute approximate surface area is 98.8 Å². The van der Waals surface area contributed by atoms with Crippen LogP contribution >= 0.6 is 11.6 Å². The Kier molecular flexibility index (Phi) is 1.53. The standard InChI is InChI=1S/C10H4ClN5O/c11-9-8-7(10-12-14-15-16(10)13-9)5-3-1-2-4-6(5)17-8/h1-4H. The minimum Gasteiger partial charge on any atom is -0.453 e. The summed E-state index contributed by atoms with van der Waals surface area (Å²) in [6.07, 6.45) is 0. The first-order valence-corrected chi connectivity index (χ1v) is 5.27. The van der Waals surface area contributed by atoms with E-state index < -0.39 is 0 Å². The normalized spacial score (nSPS) is 11.8. The first kappa shape index (κ1) is 8.89. The van der Waals surface area contributed by atoms with Crippen LogP contribution in [0.3, 0.4) is 0 Å². The van der Waals surface area contributed by atoms with Gasteiger partial charge >= 0.3 is 0 Å². The van der Waals surface area contributed by atoms with Gasteiger partial charge in [0.15, 0.2) is 10.7 Å². The molecule has 0 aliphatic rings. The third-order valence-electron chi connectivity index (χ3n) is 2.64. The third-order valence-corrected chi connectivity index (χ3v) is 2.89. The van der Waals surface area contributed by atoms with Gasteiger partial charge in [-0.1, -0.05) is 29.8 Å². The van der Waals surface area contributed by atoms with Gasteiger partial charge in [-0.3, -0.25) is 0 Å². The van der Waals surface area contributed by atoms with Crippen molar-refractivity contribution in [3.63, 3.8) is 0 Å². The molecule has 4 aromatic rings. The van der Waals surface area contributed by atoms with E-state index in [2.05, 4.69) is 20.6 Å².